The molecule has 0 aliphatic carbocycles. The van der Waals surface area contributed by atoms with E-state index in [2.05, 4.69) is 0 Å². The van der Waals surface area contributed by atoms with E-state index in [1.54, 1.807) is 0 Å². The molecule has 1 atom stereocenters. The molecule has 2 nitrogen and oxygen atoms in total. The highest BCUT2D eigenvalue weighted by Gasteiger charge is 2.25. The Labute approximate surface area is 135 Å². The van der Waals surface area contributed by atoms with Crippen LogP contribution in [0, 0.1) is 13.8 Å². The summed E-state index contributed by atoms with van der Waals surface area (Å²) in [5, 5.41) is -0.760. The molecule has 0 aromatic heterocycles. The normalized spacial score (nSPS) is 11.8. The van der Waals surface area contributed by atoms with Gasteiger partial charge in [-0.3, -0.25) is 9.69 Å². The maximum absolute atomic E-state index is 12.7. The van der Waals surface area contributed by atoms with Crippen molar-refractivity contribution in [1.82, 2.24) is 0 Å². The van der Waals surface area contributed by atoms with Gasteiger partial charge in [0.15, 0.2) is 0 Å². The third-order valence-electron chi connectivity index (χ3n) is 3.33. The molecule has 1 amide bonds. The van der Waals surface area contributed by atoms with Crippen LogP contribution >= 0.6 is 23.8 Å². The zero-order chi connectivity index (χ0) is 15.4. The summed E-state index contributed by atoms with van der Waals surface area (Å²) in [6.45, 7) is 3.90. The van der Waals surface area contributed by atoms with Crippen LogP contribution in [-0.4, -0.2) is 11.4 Å². The van der Waals surface area contributed by atoms with Crippen LogP contribution in [0.2, 0.25) is 0 Å². The molecule has 108 valence electrons. The van der Waals surface area contributed by atoms with Gasteiger partial charge in [-0.2, -0.15) is 0 Å². The zero-order valence-electron chi connectivity index (χ0n) is 11.9. The summed E-state index contributed by atoms with van der Waals surface area (Å²) in [6.07, 6.45) is 0. The van der Waals surface area contributed by atoms with E-state index in [4.69, 9.17) is 23.8 Å². The van der Waals surface area contributed by atoms with Gasteiger partial charge in [-0.25, -0.2) is 0 Å². The molecule has 0 N–H and O–H groups in total. The van der Waals surface area contributed by atoms with E-state index in [1.807, 2.05) is 62.4 Å². The van der Waals surface area contributed by atoms with Gasteiger partial charge in [0.1, 0.15) is 5.38 Å². The Morgan fingerprint density at radius 2 is 1.67 bits per heavy atom. The van der Waals surface area contributed by atoms with Gasteiger partial charge in [0.05, 0.1) is 11.2 Å². The van der Waals surface area contributed by atoms with Crippen LogP contribution in [0.4, 0.5) is 5.69 Å². The van der Waals surface area contributed by atoms with Gasteiger partial charge in [-0.15, -0.1) is 11.6 Å². The second-order valence-electron chi connectivity index (χ2n) is 4.83. The minimum absolute atomic E-state index is 0.240. The SMILES string of the molecule is Cc1cccc(C)c1N(C=S)C(=O)C(Cl)c1ccccc1. The Hall–Kier alpha value is -1.71. The lowest BCUT2D eigenvalue weighted by atomic mass is 10.1. The molecule has 2 aromatic rings. The number of anilines is 1. The number of alkyl halides is 1. The van der Waals surface area contributed by atoms with Gasteiger partial charge >= 0.3 is 0 Å². The number of thiocarbonyl (C=S) groups is 1. The molecule has 21 heavy (non-hydrogen) atoms. The zero-order valence-corrected chi connectivity index (χ0v) is 13.5. The van der Waals surface area contributed by atoms with E-state index in [9.17, 15) is 4.79 Å². The fraction of sp³-hybridized carbons (Fsp3) is 0.176. The van der Waals surface area contributed by atoms with Crippen molar-refractivity contribution in [3.63, 3.8) is 0 Å². The van der Waals surface area contributed by atoms with E-state index >= 15 is 0 Å². The van der Waals surface area contributed by atoms with E-state index in [0.29, 0.717) is 0 Å². The van der Waals surface area contributed by atoms with Gasteiger partial charge in [-0.1, -0.05) is 60.7 Å². The van der Waals surface area contributed by atoms with Crippen molar-refractivity contribution < 1.29 is 4.79 Å². The standard InChI is InChI=1S/C17H16ClNOS/c1-12-7-6-8-13(2)16(12)19(11-21)17(20)15(18)14-9-4-3-5-10-14/h3-11,15H,1-2H3. The fourth-order valence-corrected chi connectivity index (χ4v) is 2.75. The first-order valence-electron chi connectivity index (χ1n) is 6.60. The predicted molar refractivity (Wildman–Crippen MR) is 92.1 cm³/mol. The van der Waals surface area contributed by atoms with Crippen molar-refractivity contribution in [3.8, 4) is 0 Å². The van der Waals surface area contributed by atoms with Crippen LogP contribution in [0.5, 0.6) is 0 Å². The fourth-order valence-electron chi connectivity index (χ4n) is 2.29. The summed E-state index contributed by atoms with van der Waals surface area (Å²) in [7, 11) is 0. The highest BCUT2D eigenvalue weighted by atomic mass is 35.5. The molecule has 0 saturated carbocycles. The number of aryl methyl sites for hydroxylation is 2. The molecule has 0 fully saturated rings. The predicted octanol–water partition coefficient (Wildman–Crippen LogP) is 4.57. The Balaban J connectivity index is 2.38. The van der Waals surface area contributed by atoms with Crippen LogP contribution in [0.25, 0.3) is 0 Å². The molecular weight excluding hydrogens is 302 g/mol. The molecule has 0 radical (unpaired) electrons. The van der Waals surface area contributed by atoms with Crippen LogP contribution in [-0.2, 0) is 4.79 Å². The van der Waals surface area contributed by atoms with Crippen molar-refractivity contribution >= 4 is 40.9 Å². The molecule has 1 unspecified atom stereocenters. The van der Waals surface area contributed by atoms with E-state index in [1.165, 1.54) is 10.4 Å². The Bertz CT molecular complexity index is 637. The van der Waals surface area contributed by atoms with Gasteiger partial charge in [0.2, 0.25) is 0 Å². The van der Waals surface area contributed by atoms with Crippen molar-refractivity contribution in [3.05, 3.63) is 65.2 Å². The maximum atomic E-state index is 12.7. The molecule has 0 aliphatic rings. The van der Waals surface area contributed by atoms with E-state index < -0.39 is 5.38 Å². The van der Waals surface area contributed by atoms with Crippen LogP contribution in [0.3, 0.4) is 0 Å². The number of benzene rings is 2. The first-order chi connectivity index (χ1) is 10.1. The molecule has 0 aliphatic heterocycles. The minimum atomic E-state index is -0.760. The van der Waals surface area contributed by atoms with E-state index in [-0.39, 0.29) is 5.91 Å². The van der Waals surface area contributed by atoms with Crippen molar-refractivity contribution in [2.75, 3.05) is 4.90 Å². The monoisotopic (exact) mass is 317 g/mol. The lowest BCUT2D eigenvalue weighted by Crippen LogP contribution is -2.32. The highest BCUT2D eigenvalue weighted by Crippen LogP contribution is 2.29. The van der Waals surface area contributed by atoms with Gasteiger partial charge < -0.3 is 0 Å². The van der Waals surface area contributed by atoms with Crippen molar-refractivity contribution in [1.29, 1.82) is 0 Å². The largest absolute Gasteiger partial charge is 0.276 e. The topological polar surface area (TPSA) is 20.3 Å². The van der Waals surface area contributed by atoms with Crippen molar-refractivity contribution in [2.45, 2.75) is 19.2 Å². The van der Waals surface area contributed by atoms with Crippen molar-refractivity contribution in [2.24, 2.45) is 0 Å². The molecule has 0 saturated heterocycles. The third-order valence-corrected chi connectivity index (χ3v) is 3.98. The number of halogens is 1. The number of rotatable bonds is 4. The van der Waals surface area contributed by atoms with E-state index in [0.717, 1.165) is 22.4 Å². The molecule has 0 spiro atoms. The van der Waals surface area contributed by atoms with Crippen LogP contribution in [0.15, 0.2) is 48.5 Å². The lowest BCUT2D eigenvalue weighted by molar-refractivity contribution is -0.117. The molecule has 2 rings (SSSR count). The number of hydrogen-bond donors (Lipinski definition) is 0. The number of carbonyl (C=O) groups is 1. The molecule has 0 bridgehead atoms. The maximum Gasteiger partial charge on any atom is 0.254 e. The first-order valence-corrected chi connectivity index (χ1v) is 7.50. The first kappa shape index (κ1) is 15.7. The smallest absolute Gasteiger partial charge is 0.254 e. The average Bonchev–Trinajstić information content (AvgIpc) is 2.50. The number of nitrogens with zero attached hydrogens (tertiary/aromatic N) is 1. The van der Waals surface area contributed by atoms with Gasteiger partial charge in [-0.05, 0) is 30.5 Å². The van der Waals surface area contributed by atoms with Gasteiger partial charge in [0, 0.05) is 0 Å². The molecule has 4 heteroatoms. The number of carbonyl (C=O) groups excluding carboxylic acids is 1. The summed E-state index contributed by atoms with van der Waals surface area (Å²) < 4.78 is 0. The minimum Gasteiger partial charge on any atom is -0.276 e. The number of para-hydroxylation sites is 1. The summed E-state index contributed by atoms with van der Waals surface area (Å²) in [5.74, 6) is -0.240. The molecular formula is C17H16ClNOS. The Morgan fingerprint density at radius 3 is 2.19 bits per heavy atom. The van der Waals surface area contributed by atoms with Crippen LogP contribution < -0.4 is 4.90 Å². The summed E-state index contributed by atoms with van der Waals surface area (Å²) in [4.78, 5) is 14.1. The number of amides is 1. The quantitative estimate of drug-likeness (QED) is 0.608. The summed E-state index contributed by atoms with van der Waals surface area (Å²) in [5.41, 5.74) is 4.90. The summed E-state index contributed by atoms with van der Waals surface area (Å²) in [6, 6.07) is 15.1. The average molecular weight is 318 g/mol. The second-order valence-corrected chi connectivity index (χ2v) is 5.47. The Morgan fingerprint density at radius 1 is 1.10 bits per heavy atom. The lowest BCUT2D eigenvalue weighted by Gasteiger charge is -2.24. The highest BCUT2D eigenvalue weighted by molar-refractivity contribution is 7.79. The summed E-state index contributed by atoms with van der Waals surface area (Å²) >= 11 is 11.4. The second kappa shape index (κ2) is 6.83. The molecule has 2 aromatic carbocycles. The Kier molecular flexibility index (Phi) is 5.10. The van der Waals surface area contributed by atoms with Crippen LogP contribution in [0.1, 0.15) is 22.1 Å². The molecule has 0 heterocycles. The third kappa shape index (κ3) is 3.31. The van der Waals surface area contributed by atoms with Gasteiger partial charge in [0.25, 0.3) is 5.91 Å². The number of hydrogen-bond acceptors (Lipinski definition) is 2.